The maximum absolute atomic E-state index is 4.74. The zero-order valence-corrected chi connectivity index (χ0v) is 33.0. The third-order valence-electron chi connectivity index (χ3n) is 14.9. The summed E-state index contributed by atoms with van der Waals surface area (Å²) in [5.74, 6) is 4.45. The summed E-state index contributed by atoms with van der Waals surface area (Å²) in [6.45, 7) is 5.64. The predicted octanol–water partition coefficient (Wildman–Crippen LogP) is 13.1. The van der Waals surface area contributed by atoms with E-state index in [9.17, 15) is 0 Å². The maximum Gasteiger partial charge on any atom is 0.182 e. The summed E-state index contributed by atoms with van der Waals surface area (Å²) in [5, 5.41) is 4.84. The second-order valence-electron chi connectivity index (χ2n) is 17.5. The van der Waals surface area contributed by atoms with Crippen LogP contribution >= 0.6 is 0 Å². The molecule has 3 aromatic heterocycles. The van der Waals surface area contributed by atoms with Crippen LogP contribution in [-0.2, 0) is 5.41 Å². The molecule has 0 unspecified atom stereocenters. The van der Waals surface area contributed by atoms with Crippen molar-refractivity contribution in [3.05, 3.63) is 145 Å². The van der Waals surface area contributed by atoms with Gasteiger partial charge in [-0.2, -0.15) is 0 Å². The molecule has 5 aliphatic carbocycles. The fourth-order valence-corrected chi connectivity index (χ4v) is 13.0. The second-order valence-corrected chi connectivity index (χ2v) is 17.5. The highest BCUT2D eigenvalue weighted by Gasteiger charge is 2.61. The van der Waals surface area contributed by atoms with Crippen molar-refractivity contribution >= 4 is 68.0 Å². The Morgan fingerprint density at radius 1 is 0.593 bits per heavy atom. The fourth-order valence-electron chi connectivity index (χ4n) is 13.0. The molecule has 0 atom stereocenters. The number of benzene rings is 6. The third-order valence-corrected chi connectivity index (χ3v) is 14.9. The van der Waals surface area contributed by atoms with E-state index in [0.29, 0.717) is 17.3 Å². The van der Waals surface area contributed by atoms with Crippen molar-refractivity contribution < 1.29 is 0 Å². The van der Waals surface area contributed by atoms with E-state index in [2.05, 4.69) is 158 Å². The van der Waals surface area contributed by atoms with Gasteiger partial charge in [-0.25, -0.2) is 15.0 Å². The number of hydrogen-bond acceptors (Lipinski definition) is 4. The minimum Gasteiger partial charge on any atom is -0.309 e. The van der Waals surface area contributed by atoms with Gasteiger partial charge in [0.15, 0.2) is 17.3 Å². The molecule has 3 heterocycles. The number of nitrogens with zero attached hydrogens (tertiary/aromatic N) is 6. The first-order chi connectivity index (χ1) is 29.1. The molecule has 1 spiro atoms. The van der Waals surface area contributed by atoms with Crippen LogP contribution < -0.4 is 0 Å². The standard InChI is InChI=1S/C53H42N6/c1-3-55-50-51(54-2)56-30-57-52(50)59-47-15-9-6-12-41(47)43-28-34(17-21-49(43)59)33-16-20-48-42(27-33)40-11-5-8-14-46(40)58(48)37-18-19-39-38-10-4-7-13-44(38)53(45(39)29-37)35-23-31-22-32(25-35)26-36(53)24-31/h3-21,27-32,35-36H,2,22-26H2,1H3. The van der Waals surface area contributed by atoms with Crippen molar-refractivity contribution in [3.8, 4) is 33.8 Å². The molecule has 0 aliphatic heterocycles. The van der Waals surface area contributed by atoms with Gasteiger partial charge >= 0.3 is 0 Å². The molecule has 0 saturated heterocycles. The van der Waals surface area contributed by atoms with E-state index in [-0.39, 0.29) is 5.41 Å². The van der Waals surface area contributed by atoms with Crippen LogP contribution in [0.5, 0.6) is 0 Å². The number of hydrogen-bond donors (Lipinski definition) is 0. The molecule has 0 amide bonds. The Balaban J connectivity index is 0.974. The van der Waals surface area contributed by atoms with Crippen LogP contribution in [-0.4, -0.2) is 32.0 Å². The lowest BCUT2D eigenvalue weighted by Crippen LogP contribution is -2.55. The Morgan fingerprint density at radius 2 is 1.19 bits per heavy atom. The Hall–Kier alpha value is -6.66. The van der Waals surface area contributed by atoms with Gasteiger partial charge in [0.05, 0.1) is 22.1 Å². The molecule has 14 rings (SSSR count). The van der Waals surface area contributed by atoms with Gasteiger partial charge in [-0.3, -0.25) is 9.56 Å². The molecule has 5 aliphatic rings. The van der Waals surface area contributed by atoms with Crippen molar-refractivity contribution in [2.24, 2.45) is 33.7 Å². The average molecular weight is 763 g/mol. The first-order valence-electron chi connectivity index (χ1n) is 21.3. The largest absolute Gasteiger partial charge is 0.309 e. The Morgan fingerprint density at radius 3 is 1.86 bits per heavy atom. The summed E-state index contributed by atoms with van der Waals surface area (Å²) >= 11 is 0. The van der Waals surface area contributed by atoms with Gasteiger partial charge in [-0.15, -0.1) is 0 Å². The van der Waals surface area contributed by atoms with Gasteiger partial charge < -0.3 is 4.57 Å². The molecule has 284 valence electrons. The number of aliphatic imine (C=N–C) groups is 2. The fraction of sp³-hybridized carbons (Fsp3) is 0.208. The molecule has 6 heteroatoms. The van der Waals surface area contributed by atoms with E-state index in [0.717, 1.165) is 45.5 Å². The van der Waals surface area contributed by atoms with Crippen LogP contribution in [0.2, 0.25) is 0 Å². The summed E-state index contributed by atoms with van der Waals surface area (Å²) in [6, 6.07) is 48.2. The van der Waals surface area contributed by atoms with Crippen LogP contribution in [0.3, 0.4) is 0 Å². The molecule has 4 fully saturated rings. The highest BCUT2D eigenvalue weighted by Crippen LogP contribution is 2.69. The average Bonchev–Trinajstić information content (AvgIpc) is 3.89. The first kappa shape index (κ1) is 33.3. The minimum atomic E-state index is 0.131. The smallest absolute Gasteiger partial charge is 0.182 e. The first-order valence-corrected chi connectivity index (χ1v) is 21.3. The molecule has 9 aromatic rings. The van der Waals surface area contributed by atoms with E-state index in [1.54, 1.807) is 17.3 Å². The number of para-hydroxylation sites is 2. The minimum absolute atomic E-state index is 0.131. The monoisotopic (exact) mass is 762 g/mol. The van der Waals surface area contributed by atoms with Crippen LogP contribution in [0.25, 0.3) is 77.4 Å². The van der Waals surface area contributed by atoms with E-state index in [4.69, 9.17) is 4.98 Å². The number of aromatic nitrogens is 4. The van der Waals surface area contributed by atoms with Crippen molar-refractivity contribution in [3.63, 3.8) is 0 Å². The van der Waals surface area contributed by atoms with Crippen molar-refractivity contribution in [2.45, 2.75) is 44.4 Å². The lowest BCUT2D eigenvalue weighted by atomic mass is 9.43. The Labute approximate surface area is 342 Å². The SMILES string of the molecule is C=Nc1ncnc(-n2c3ccccc3c3cc(-c4ccc5c(c4)c4ccccc4n5-c4ccc5c(c4)C4(c6ccccc6-5)C5CC6CC(C5)CC4C6)ccc32)c1N=CC. The maximum atomic E-state index is 4.74. The highest BCUT2D eigenvalue weighted by molar-refractivity contribution is 6.13. The zero-order valence-electron chi connectivity index (χ0n) is 33.0. The molecular formula is C53H42N6. The van der Waals surface area contributed by atoms with Gasteiger partial charge in [0.2, 0.25) is 0 Å². The lowest BCUT2D eigenvalue weighted by Gasteiger charge is -2.61. The van der Waals surface area contributed by atoms with Crippen LogP contribution in [0, 0.1) is 23.7 Å². The van der Waals surface area contributed by atoms with E-state index in [1.165, 1.54) is 88.2 Å². The molecule has 4 bridgehead atoms. The summed E-state index contributed by atoms with van der Waals surface area (Å²) in [4.78, 5) is 17.9. The highest BCUT2D eigenvalue weighted by atomic mass is 15.1. The topological polar surface area (TPSA) is 60.4 Å². The summed E-state index contributed by atoms with van der Waals surface area (Å²) in [7, 11) is 0. The van der Waals surface area contributed by atoms with Gasteiger partial charge in [-0.1, -0.05) is 78.9 Å². The molecule has 0 N–H and O–H groups in total. The molecule has 6 aromatic carbocycles. The lowest BCUT2D eigenvalue weighted by molar-refractivity contribution is -0.0399. The summed E-state index contributed by atoms with van der Waals surface area (Å²) in [6.07, 6.45) is 10.3. The predicted molar refractivity (Wildman–Crippen MR) is 242 cm³/mol. The number of fused-ring (bicyclic) bond motifs is 9. The van der Waals surface area contributed by atoms with Crippen LogP contribution in [0.4, 0.5) is 11.5 Å². The van der Waals surface area contributed by atoms with Crippen molar-refractivity contribution in [1.82, 2.24) is 19.1 Å². The molecule has 59 heavy (non-hydrogen) atoms. The van der Waals surface area contributed by atoms with E-state index in [1.807, 2.05) is 6.92 Å². The summed E-state index contributed by atoms with van der Waals surface area (Å²) < 4.78 is 4.70. The zero-order chi connectivity index (χ0) is 39.0. The Kier molecular flexibility index (Phi) is 6.88. The quantitative estimate of drug-likeness (QED) is 0.164. The van der Waals surface area contributed by atoms with Crippen LogP contribution in [0.15, 0.2) is 144 Å². The molecule has 6 nitrogen and oxygen atoms in total. The van der Waals surface area contributed by atoms with E-state index >= 15 is 0 Å². The second kappa shape index (κ2) is 12.2. The van der Waals surface area contributed by atoms with Crippen LogP contribution in [0.1, 0.15) is 50.2 Å². The number of rotatable bonds is 5. The van der Waals surface area contributed by atoms with Gasteiger partial charge in [0.1, 0.15) is 6.33 Å². The van der Waals surface area contributed by atoms with E-state index < -0.39 is 0 Å². The normalized spacial score (nSPS) is 22.7. The molecule has 4 saturated carbocycles. The van der Waals surface area contributed by atoms with Crippen molar-refractivity contribution in [2.75, 3.05) is 0 Å². The Bertz CT molecular complexity index is 3260. The summed E-state index contributed by atoms with van der Waals surface area (Å²) in [5.41, 5.74) is 15.1. The molecular weight excluding hydrogens is 721 g/mol. The van der Waals surface area contributed by atoms with Gasteiger partial charge in [0, 0.05) is 38.9 Å². The van der Waals surface area contributed by atoms with Gasteiger partial charge in [0.25, 0.3) is 0 Å². The van der Waals surface area contributed by atoms with Gasteiger partial charge in [-0.05, 0) is 151 Å². The third kappa shape index (κ3) is 4.41. The molecule has 0 radical (unpaired) electrons. The van der Waals surface area contributed by atoms with Crippen molar-refractivity contribution in [1.29, 1.82) is 0 Å².